The minimum Gasteiger partial charge on any atom is -0.357 e. The summed E-state index contributed by atoms with van der Waals surface area (Å²) in [6.45, 7) is 16.1. The van der Waals surface area contributed by atoms with Gasteiger partial charge in [-0.15, -0.1) is 0 Å². The predicted octanol–water partition coefficient (Wildman–Crippen LogP) is 3.51. The molecule has 108 valence electrons. The van der Waals surface area contributed by atoms with Crippen LogP contribution in [0, 0.1) is 6.92 Å². The van der Waals surface area contributed by atoms with Gasteiger partial charge in [-0.05, 0) is 58.2 Å². The van der Waals surface area contributed by atoms with Crippen LogP contribution in [-0.4, -0.2) is 23.6 Å². The smallest absolute Gasteiger partial charge is 0.131 e. The van der Waals surface area contributed by atoms with Crippen LogP contribution in [0.4, 0.5) is 5.82 Å². The molecule has 0 amide bonds. The second kappa shape index (κ2) is 6.90. The number of pyridine rings is 1. The number of anilines is 1. The van der Waals surface area contributed by atoms with E-state index >= 15 is 0 Å². The molecule has 1 heterocycles. The van der Waals surface area contributed by atoms with E-state index in [1.807, 2.05) is 6.20 Å². The molecule has 1 aromatic rings. The maximum Gasteiger partial charge on any atom is 0.131 e. The molecule has 0 spiro atoms. The molecule has 0 aliphatic heterocycles. The molecule has 0 aromatic carbocycles. The van der Waals surface area contributed by atoms with Gasteiger partial charge in [0.15, 0.2) is 0 Å². The van der Waals surface area contributed by atoms with Crippen molar-refractivity contribution in [2.45, 2.75) is 60.0 Å². The van der Waals surface area contributed by atoms with Crippen LogP contribution >= 0.6 is 0 Å². The molecule has 1 aromatic heterocycles. The van der Waals surface area contributed by atoms with Crippen molar-refractivity contribution in [2.75, 3.05) is 18.0 Å². The molecule has 0 aliphatic carbocycles. The normalized spacial score (nSPS) is 11.7. The molecule has 0 atom stereocenters. The van der Waals surface area contributed by atoms with Crippen molar-refractivity contribution in [2.24, 2.45) is 0 Å². The van der Waals surface area contributed by atoms with Crippen molar-refractivity contribution in [1.29, 1.82) is 0 Å². The molecule has 0 bridgehead atoms. The largest absolute Gasteiger partial charge is 0.357 e. The van der Waals surface area contributed by atoms with Crippen molar-refractivity contribution >= 4 is 5.82 Å². The second-order valence-electron chi connectivity index (χ2n) is 6.17. The molecule has 1 rings (SSSR count). The van der Waals surface area contributed by atoms with Crippen LogP contribution in [0.15, 0.2) is 12.3 Å². The van der Waals surface area contributed by atoms with Gasteiger partial charge in [0.1, 0.15) is 5.82 Å². The van der Waals surface area contributed by atoms with Crippen LogP contribution < -0.4 is 10.2 Å². The minimum atomic E-state index is 0.143. The van der Waals surface area contributed by atoms with Gasteiger partial charge in [-0.3, -0.25) is 0 Å². The molecule has 0 aliphatic rings. The first-order chi connectivity index (χ1) is 8.87. The Kier molecular flexibility index (Phi) is 5.80. The van der Waals surface area contributed by atoms with Crippen LogP contribution in [0.2, 0.25) is 0 Å². The summed E-state index contributed by atoms with van der Waals surface area (Å²) >= 11 is 0. The summed E-state index contributed by atoms with van der Waals surface area (Å²) in [5.41, 5.74) is 2.66. The summed E-state index contributed by atoms with van der Waals surface area (Å²) in [5, 5.41) is 3.50. The number of nitrogens with one attached hydrogen (secondary N) is 1. The third kappa shape index (κ3) is 5.19. The first-order valence-electron chi connectivity index (χ1n) is 7.33. The highest BCUT2D eigenvalue weighted by atomic mass is 15.2. The van der Waals surface area contributed by atoms with Gasteiger partial charge in [0, 0.05) is 31.4 Å². The number of aryl methyl sites for hydroxylation is 1. The third-order valence-electron chi connectivity index (χ3n) is 3.10. The SMILES string of the molecule is CCCN(CC)c1ncc(CNC(C)(C)C)cc1C. The molecule has 3 heteroatoms. The predicted molar refractivity (Wildman–Crippen MR) is 83.7 cm³/mol. The summed E-state index contributed by atoms with van der Waals surface area (Å²) in [5.74, 6) is 1.13. The Morgan fingerprint density at radius 2 is 1.95 bits per heavy atom. The summed E-state index contributed by atoms with van der Waals surface area (Å²) in [7, 11) is 0. The summed E-state index contributed by atoms with van der Waals surface area (Å²) in [4.78, 5) is 7.00. The number of rotatable bonds is 6. The highest BCUT2D eigenvalue weighted by Crippen LogP contribution is 2.18. The van der Waals surface area contributed by atoms with Crippen molar-refractivity contribution in [1.82, 2.24) is 10.3 Å². The van der Waals surface area contributed by atoms with Crippen molar-refractivity contribution in [3.8, 4) is 0 Å². The molecule has 0 saturated heterocycles. The summed E-state index contributed by atoms with van der Waals surface area (Å²) in [6, 6.07) is 2.25. The lowest BCUT2D eigenvalue weighted by Gasteiger charge is -2.24. The fourth-order valence-electron chi connectivity index (χ4n) is 2.10. The lowest BCUT2D eigenvalue weighted by Crippen LogP contribution is -2.35. The molecule has 0 unspecified atom stereocenters. The van der Waals surface area contributed by atoms with Crippen LogP contribution in [0.5, 0.6) is 0 Å². The summed E-state index contributed by atoms with van der Waals surface area (Å²) in [6.07, 6.45) is 3.15. The Hall–Kier alpha value is -1.09. The fourth-order valence-corrected chi connectivity index (χ4v) is 2.10. The third-order valence-corrected chi connectivity index (χ3v) is 3.10. The number of nitrogens with zero attached hydrogens (tertiary/aromatic N) is 2. The fraction of sp³-hybridized carbons (Fsp3) is 0.688. The molecule has 0 fully saturated rings. The molecular formula is C16H29N3. The first-order valence-corrected chi connectivity index (χ1v) is 7.33. The van der Waals surface area contributed by atoms with E-state index < -0.39 is 0 Å². The zero-order chi connectivity index (χ0) is 14.5. The zero-order valence-corrected chi connectivity index (χ0v) is 13.4. The Labute approximate surface area is 118 Å². The molecule has 0 radical (unpaired) electrons. The van der Waals surface area contributed by atoms with Gasteiger partial charge in [-0.1, -0.05) is 6.92 Å². The average Bonchev–Trinajstić information content (AvgIpc) is 2.33. The standard InChI is InChI=1S/C16H29N3/c1-7-9-19(8-2)15-13(3)10-14(11-17-15)12-18-16(4,5)6/h10-11,18H,7-9,12H2,1-6H3. The first kappa shape index (κ1) is 16.0. The number of aromatic nitrogens is 1. The average molecular weight is 263 g/mol. The van der Waals surface area contributed by atoms with Crippen molar-refractivity contribution in [3.63, 3.8) is 0 Å². The van der Waals surface area contributed by atoms with E-state index in [1.54, 1.807) is 0 Å². The van der Waals surface area contributed by atoms with E-state index in [0.717, 1.165) is 31.9 Å². The zero-order valence-electron chi connectivity index (χ0n) is 13.4. The topological polar surface area (TPSA) is 28.2 Å². The Balaban J connectivity index is 2.79. The molecule has 0 saturated carbocycles. The molecule has 3 nitrogen and oxygen atoms in total. The van der Waals surface area contributed by atoms with E-state index in [4.69, 9.17) is 0 Å². The van der Waals surface area contributed by atoms with E-state index in [0.29, 0.717) is 0 Å². The monoisotopic (exact) mass is 263 g/mol. The lowest BCUT2D eigenvalue weighted by atomic mass is 10.1. The lowest BCUT2D eigenvalue weighted by molar-refractivity contribution is 0.424. The Morgan fingerprint density at radius 1 is 1.26 bits per heavy atom. The van der Waals surface area contributed by atoms with Gasteiger partial charge in [0.25, 0.3) is 0 Å². The highest BCUT2D eigenvalue weighted by Gasteiger charge is 2.11. The van der Waals surface area contributed by atoms with E-state index in [9.17, 15) is 0 Å². The van der Waals surface area contributed by atoms with Crippen LogP contribution in [0.3, 0.4) is 0 Å². The van der Waals surface area contributed by atoms with Crippen LogP contribution in [0.1, 0.15) is 52.2 Å². The van der Waals surface area contributed by atoms with Crippen LogP contribution in [-0.2, 0) is 6.54 Å². The molecular weight excluding hydrogens is 234 g/mol. The second-order valence-corrected chi connectivity index (χ2v) is 6.17. The van der Waals surface area contributed by atoms with E-state index in [-0.39, 0.29) is 5.54 Å². The quantitative estimate of drug-likeness (QED) is 0.851. The van der Waals surface area contributed by atoms with E-state index in [2.05, 4.69) is 62.8 Å². The van der Waals surface area contributed by atoms with Gasteiger partial charge >= 0.3 is 0 Å². The Bertz CT molecular complexity index is 393. The van der Waals surface area contributed by atoms with Gasteiger partial charge < -0.3 is 10.2 Å². The van der Waals surface area contributed by atoms with Crippen molar-refractivity contribution in [3.05, 3.63) is 23.4 Å². The van der Waals surface area contributed by atoms with Crippen LogP contribution in [0.25, 0.3) is 0 Å². The highest BCUT2D eigenvalue weighted by molar-refractivity contribution is 5.47. The molecule has 1 N–H and O–H groups in total. The Morgan fingerprint density at radius 3 is 2.42 bits per heavy atom. The molecule has 19 heavy (non-hydrogen) atoms. The van der Waals surface area contributed by atoms with E-state index in [1.165, 1.54) is 11.1 Å². The van der Waals surface area contributed by atoms with Gasteiger partial charge in [-0.25, -0.2) is 4.98 Å². The number of hydrogen-bond acceptors (Lipinski definition) is 3. The van der Waals surface area contributed by atoms with Gasteiger partial charge in [-0.2, -0.15) is 0 Å². The van der Waals surface area contributed by atoms with Gasteiger partial charge in [0.2, 0.25) is 0 Å². The van der Waals surface area contributed by atoms with Gasteiger partial charge in [0.05, 0.1) is 0 Å². The minimum absolute atomic E-state index is 0.143. The number of hydrogen-bond donors (Lipinski definition) is 1. The maximum atomic E-state index is 4.65. The van der Waals surface area contributed by atoms with Crippen molar-refractivity contribution < 1.29 is 0 Å². The summed E-state index contributed by atoms with van der Waals surface area (Å²) < 4.78 is 0. The maximum absolute atomic E-state index is 4.65.